The van der Waals surface area contributed by atoms with Gasteiger partial charge < -0.3 is 0 Å². The van der Waals surface area contributed by atoms with Gasteiger partial charge in [-0.3, -0.25) is 4.79 Å². The maximum Gasteiger partial charge on any atom is 0.154 e. The van der Waals surface area contributed by atoms with Crippen LogP contribution in [0.15, 0.2) is 0 Å². The van der Waals surface area contributed by atoms with Gasteiger partial charge in [-0.1, -0.05) is 0 Å². The summed E-state index contributed by atoms with van der Waals surface area (Å²) in [5, 5.41) is -0.122. The topological polar surface area (TPSA) is 17.1 Å². The lowest BCUT2D eigenvalue weighted by Crippen LogP contribution is -2.21. The molecule has 0 aromatic rings. The Morgan fingerprint density at radius 2 is 2.22 bits per heavy atom. The summed E-state index contributed by atoms with van der Waals surface area (Å²) in [5.74, 6) is 1.19. The van der Waals surface area contributed by atoms with Gasteiger partial charge in [0.15, 0.2) is 5.78 Å². The van der Waals surface area contributed by atoms with Gasteiger partial charge in [0.25, 0.3) is 0 Å². The maximum atomic E-state index is 11.0. The molecule has 2 saturated carbocycles. The van der Waals surface area contributed by atoms with Crippen molar-refractivity contribution in [3.8, 4) is 0 Å². The summed E-state index contributed by atoms with van der Waals surface area (Å²) in [6.07, 6.45) is 3.37. The van der Waals surface area contributed by atoms with E-state index in [1.807, 2.05) is 0 Å². The minimum Gasteiger partial charge on any atom is -0.298 e. The van der Waals surface area contributed by atoms with E-state index in [-0.39, 0.29) is 5.38 Å². The van der Waals surface area contributed by atoms with Crippen LogP contribution in [0.1, 0.15) is 19.3 Å². The van der Waals surface area contributed by atoms with E-state index in [9.17, 15) is 4.79 Å². The Kier molecular flexibility index (Phi) is 1.10. The standard InChI is InChI=1S/C7H9ClO/c8-6-4-1-2-5(3-4)7(6)9/h4-6H,1-3H2/t4-,5+,6-/m0/s1. The van der Waals surface area contributed by atoms with Gasteiger partial charge in [-0.15, -0.1) is 11.6 Å². The fraction of sp³-hybridized carbons (Fsp3) is 0.857. The van der Waals surface area contributed by atoms with Crippen LogP contribution in [0.3, 0.4) is 0 Å². The highest BCUT2D eigenvalue weighted by Crippen LogP contribution is 2.44. The molecule has 2 fully saturated rings. The number of hydrogen-bond donors (Lipinski definition) is 0. The highest BCUT2D eigenvalue weighted by molar-refractivity contribution is 6.32. The third-order valence-electron chi connectivity index (χ3n) is 2.56. The summed E-state index contributed by atoms with van der Waals surface area (Å²) in [4.78, 5) is 11.0. The SMILES string of the molecule is O=C1[C@@H]2CC[C@@H](C2)[C@@H]1Cl. The number of Topliss-reactive ketones (excluding diaryl/α,β-unsaturated/α-hetero) is 1. The molecule has 0 aromatic carbocycles. The monoisotopic (exact) mass is 144 g/mol. The van der Waals surface area contributed by atoms with E-state index in [1.54, 1.807) is 0 Å². The van der Waals surface area contributed by atoms with E-state index in [4.69, 9.17) is 11.6 Å². The molecule has 0 aliphatic heterocycles. The average molecular weight is 145 g/mol. The molecule has 0 heterocycles. The third kappa shape index (κ3) is 0.644. The Labute approximate surface area is 59.4 Å². The zero-order valence-corrected chi connectivity index (χ0v) is 5.90. The first-order valence-corrected chi connectivity index (χ1v) is 3.90. The van der Waals surface area contributed by atoms with Crippen molar-refractivity contribution in [1.82, 2.24) is 0 Å². The molecular formula is C7H9ClO. The number of rotatable bonds is 0. The molecule has 9 heavy (non-hydrogen) atoms. The van der Waals surface area contributed by atoms with E-state index in [0.717, 1.165) is 12.8 Å². The largest absolute Gasteiger partial charge is 0.298 e. The summed E-state index contributed by atoms with van der Waals surface area (Å²) < 4.78 is 0. The summed E-state index contributed by atoms with van der Waals surface area (Å²) >= 11 is 5.81. The lowest BCUT2D eigenvalue weighted by molar-refractivity contribution is -0.121. The fourth-order valence-corrected chi connectivity index (χ4v) is 2.41. The number of ketones is 1. The Bertz CT molecular complexity index is 151. The van der Waals surface area contributed by atoms with Crippen molar-refractivity contribution in [3.05, 3.63) is 0 Å². The molecule has 0 saturated heterocycles. The molecule has 50 valence electrons. The summed E-state index contributed by atoms with van der Waals surface area (Å²) in [6, 6.07) is 0. The number of hydrogen-bond acceptors (Lipinski definition) is 1. The summed E-state index contributed by atoms with van der Waals surface area (Å²) in [7, 11) is 0. The number of halogens is 1. The fourth-order valence-electron chi connectivity index (χ4n) is 2.00. The lowest BCUT2D eigenvalue weighted by atomic mass is 9.99. The Morgan fingerprint density at radius 3 is 2.56 bits per heavy atom. The van der Waals surface area contributed by atoms with Crippen molar-refractivity contribution < 1.29 is 4.79 Å². The molecule has 2 rings (SSSR count). The minimum absolute atomic E-state index is 0.122. The molecule has 0 radical (unpaired) electrons. The smallest absolute Gasteiger partial charge is 0.154 e. The second-order valence-electron chi connectivity index (χ2n) is 3.07. The van der Waals surface area contributed by atoms with Gasteiger partial charge in [0.05, 0.1) is 5.38 Å². The Balaban J connectivity index is 2.25. The van der Waals surface area contributed by atoms with Gasteiger partial charge in [0.2, 0.25) is 0 Å². The molecular weight excluding hydrogens is 136 g/mol. The van der Waals surface area contributed by atoms with Crippen LogP contribution >= 0.6 is 11.6 Å². The average Bonchev–Trinajstić information content (AvgIpc) is 2.37. The zero-order valence-electron chi connectivity index (χ0n) is 5.14. The first kappa shape index (κ1) is 5.72. The zero-order chi connectivity index (χ0) is 6.43. The van der Waals surface area contributed by atoms with Crippen LogP contribution in [0.5, 0.6) is 0 Å². The third-order valence-corrected chi connectivity index (χ3v) is 3.13. The van der Waals surface area contributed by atoms with Crippen molar-refractivity contribution in [3.63, 3.8) is 0 Å². The van der Waals surface area contributed by atoms with E-state index >= 15 is 0 Å². The second kappa shape index (κ2) is 1.72. The van der Waals surface area contributed by atoms with E-state index in [1.165, 1.54) is 6.42 Å². The van der Waals surface area contributed by atoms with Gasteiger partial charge in [0.1, 0.15) is 0 Å². The van der Waals surface area contributed by atoms with Crippen molar-refractivity contribution >= 4 is 17.4 Å². The normalized spacial score (nSPS) is 48.6. The second-order valence-corrected chi connectivity index (χ2v) is 3.54. The number of alkyl halides is 1. The van der Waals surface area contributed by atoms with Crippen molar-refractivity contribution in [2.45, 2.75) is 24.6 Å². The van der Waals surface area contributed by atoms with Crippen LogP contribution in [0.4, 0.5) is 0 Å². The van der Waals surface area contributed by atoms with E-state index in [2.05, 4.69) is 0 Å². The molecule has 1 nitrogen and oxygen atoms in total. The molecule has 2 aliphatic rings. The highest BCUT2D eigenvalue weighted by Gasteiger charge is 2.45. The maximum absolute atomic E-state index is 11.0. The predicted molar refractivity (Wildman–Crippen MR) is 35.5 cm³/mol. The lowest BCUT2D eigenvalue weighted by Gasteiger charge is -2.12. The van der Waals surface area contributed by atoms with E-state index in [0.29, 0.717) is 17.6 Å². The minimum atomic E-state index is -0.122. The highest BCUT2D eigenvalue weighted by atomic mass is 35.5. The van der Waals surface area contributed by atoms with Crippen LogP contribution in [0, 0.1) is 11.8 Å². The summed E-state index contributed by atoms with van der Waals surface area (Å²) in [5.41, 5.74) is 0. The van der Waals surface area contributed by atoms with Crippen LogP contribution in [0.2, 0.25) is 0 Å². The molecule has 0 aromatic heterocycles. The number of carbonyl (C=O) groups excluding carboxylic acids is 1. The molecule has 0 spiro atoms. The quantitative estimate of drug-likeness (QED) is 0.472. The Hall–Kier alpha value is -0.0400. The Morgan fingerprint density at radius 1 is 1.44 bits per heavy atom. The molecule has 3 atom stereocenters. The van der Waals surface area contributed by atoms with Crippen molar-refractivity contribution in [2.24, 2.45) is 11.8 Å². The molecule has 2 bridgehead atoms. The first-order valence-electron chi connectivity index (χ1n) is 3.47. The van der Waals surface area contributed by atoms with Gasteiger partial charge >= 0.3 is 0 Å². The predicted octanol–water partition coefficient (Wildman–Crippen LogP) is 1.59. The van der Waals surface area contributed by atoms with Crippen LogP contribution in [-0.2, 0) is 4.79 Å². The van der Waals surface area contributed by atoms with Gasteiger partial charge in [-0.2, -0.15) is 0 Å². The van der Waals surface area contributed by atoms with Crippen molar-refractivity contribution in [2.75, 3.05) is 0 Å². The van der Waals surface area contributed by atoms with Crippen LogP contribution < -0.4 is 0 Å². The molecule has 2 aliphatic carbocycles. The first-order chi connectivity index (χ1) is 4.29. The number of carbonyl (C=O) groups is 1. The van der Waals surface area contributed by atoms with Gasteiger partial charge in [-0.05, 0) is 25.2 Å². The van der Waals surface area contributed by atoms with E-state index < -0.39 is 0 Å². The van der Waals surface area contributed by atoms with Crippen molar-refractivity contribution in [1.29, 1.82) is 0 Å². The molecule has 0 unspecified atom stereocenters. The molecule has 0 amide bonds. The molecule has 0 N–H and O–H groups in total. The van der Waals surface area contributed by atoms with Gasteiger partial charge in [0, 0.05) is 5.92 Å². The van der Waals surface area contributed by atoms with Crippen LogP contribution in [-0.4, -0.2) is 11.2 Å². The molecule has 2 heteroatoms. The number of fused-ring (bicyclic) bond motifs is 2. The van der Waals surface area contributed by atoms with Crippen LogP contribution in [0.25, 0.3) is 0 Å². The van der Waals surface area contributed by atoms with Gasteiger partial charge in [-0.25, -0.2) is 0 Å². The summed E-state index contributed by atoms with van der Waals surface area (Å²) in [6.45, 7) is 0.